The first-order valence-corrected chi connectivity index (χ1v) is 2.73. The maximum atomic E-state index is 9.00. The Morgan fingerprint density at radius 2 is 1.67 bits per heavy atom. The molecule has 0 unspecified atom stereocenters. The van der Waals surface area contributed by atoms with Crippen molar-refractivity contribution in [2.75, 3.05) is 0 Å². The lowest BCUT2D eigenvalue weighted by Gasteiger charge is -1.59. The Kier molecular flexibility index (Phi) is 14.1. The van der Waals surface area contributed by atoms with Gasteiger partial charge in [-0.2, -0.15) is 0 Å². The molecule has 0 radical (unpaired) electrons. The van der Waals surface area contributed by atoms with E-state index >= 15 is 0 Å². The van der Waals surface area contributed by atoms with Crippen LogP contribution >= 0.6 is 23.3 Å². The first-order valence-electron chi connectivity index (χ1n) is 1.13. The maximum absolute atomic E-state index is 9.00. The number of carbonyl (C=O) groups is 1. The second kappa shape index (κ2) is 8.95. The highest BCUT2D eigenvalue weighted by atomic mass is 33.1. The number of carboxylic acid groups (broad SMARTS) is 1. The van der Waals surface area contributed by atoms with Gasteiger partial charge in [0.05, 0.1) is 0 Å². The van der Waals surface area contributed by atoms with Crippen LogP contribution in [0.15, 0.2) is 0 Å². The lowest BCUT2D eigenvalue weighted by atomic mass is 10.9. The summed E-state index contributed by atoms with van der Waals surface area (Å²) in [5.41, 5.74) is 0. The third kappa shape index (κ3) is 1450. The number of aliphatic carboxylic acids is 1. The van der Waals surface area contributed by atoms with Crippen LogP contribution in [0.5, 0.6) is 0 Å². The van der Waals surface area contributed by atoms with Gasteiger partial charge < -0.3 is 5.11 Å². The van der Waals surface area contributed by atoms with E-state index in [1.807, 2.05) is 0 Å². The Morgan fingerprint density at radius 3 is 1.67 bits per heavy atom. The maximum Gasteiger partial charge on any atom is 0.300 e. The molecule has 0 amide bonds. The van der Waals surface area contributed by atoms with Gasteiger partial charge in [-0.1, -0.05) is 0 Å². The second-order valence-electron chi connectivity index (χ2n) is 0.519. The summed E-state index contributed by atoms with van der Waals surface area (Å²) in [6, 6.07) is 0. The zero-order valence-electron chi connectivity index (χ0n) is 3.25. The van der Waals surface area contributed by atoms with Gasteiger partial charge >= 0.3 is 0 Å². The molecule has 0 heterocycles. The highest BCUT2D eigenvalue weighted by molar-refractivity contribution is 8.59. The second-order valence-corrected chi connectivity index (χ2v) is 0.519. The average Bonchev–Trinajstić information content (AvgIpc) is 1.41. The standard InChI is InChI=1S/C2H4O2.H2S2/c1-2(3)4;1-2/h1H3,(H,3,4);1-2H. The van der Waals surface area contributed by atoms with Crippen LogP contribution in [0.2, 0.25) is 0 Å². The van der Waals surface area contributed by atoms with Crippen molar-refractivity contribution in [2.45, 2.75) is 6.92 Å². The molecular formula is C2H6O2S2. The molecule has 0 spiro atoms. The average molecular weight is 126 g/mol. The monoisotopic (exact) mass is 126 g/mol. The summed E-state index contributed by atoms with van der Waals surface area (Å²) < 4.78 is 0. The van der Waals surface area contributed by atoms with Gasteiger partial charge in [0.1, 0.15) is 0 Å². The summed E-state index contributed by atoms with van der Waals surface area (Å²) in [5, 5.41) is 7.42. The SMILES string of the molecule is CC(=O)O.SS. The highest BCUT2D eigenvalue weighted by Gasteiger charge is 1.65. The highest BCUT2D eigenvalue weighted by Crippen LogP contribution is 1.65. The lowest BCUT2D eigenvalue weighted by molar-refractivity contribution is -0.134. The zero-order chi connectivity index (χ0) is 5.58. The molecule has 0 aromatic heterocycles. The van der Waals surface area contributed by atoms with E-state index in [-0.39, 0.29) is 0 Å². The van der Waals surface area contributed by atoms with Gasteiger partial charge in [0, 0.05) is 6.92 Å². The van der Waals surface area contributed by atoms with E-state index in [9.17, 15) is 0 Å². The van der Waals surface area contributed by atoms with Crippen molar-refractivity contribution in [1.29, 1.82) is 0 Å². The first kappa shape index (κ1) is 9.48. The van der Waals surface area contributed by atoms with Crippen molar-refractivity contribution in [1.82, 2.24) is 0 Å². The molecule has 0 saturated heterocycles. The molecule has 38 valence electrons. The minimum absolute atomic E-state index is 0.833. The first-order chi connectivity index (χ1) is 2.73. The number of hydrogen-bond donors (Lipinski definition) is 3. The van der Waals surface area contributed by atoms with Crippen molar-refractivity contribution in [2.24, 2.45) is 0 Å². The topological polar surface area (TPSA) is 37.3 Å². The van der Waals surface area contributed by atoms with Gasteiger partial charge in [0.2, 0.25) is 0 Å². The molecule has 6 heavy (non-hydrogen) atoms. The molecule has 0 aromatic carbocycles. The van der Waals surface area contributed by atoms with Crippen molar-refractivity contribution in [3.63, 3.8) is 0 Å². The van der Waals surface area contributed by atoms with E-state index < -0.39 is 5.97 Å². The molecule has 2 nitrogen and oxygen atoms in total. The Morgan fingerprint density at radius 1 is 1.67 bits per heavy atom. The minimum atomic E-state index is -0.833. The summed E-state index contributed by atoms with van der Waals surface area (Å²) in [6.45, 7) is 1.08. The molecule has 0 aliphatic rings. The quantitative estimate of drug-likeness (QED) is 0.332. The molecule has 0 aliphatic heterocycles. The number of thiol groups is 2. The van der Waals surface area contributed by atoms with E-state index in [2.05, 4.69) is 23.3 Å². The predicted octanol–water partition coefficient (Wildman–Crippen LogP) is 0.852. The van der Waals surface area contributed by atoms with Crippen LogP contribution in [-0.2, 0) is 4.79 Å². The fourth-order valence-corrected chi connectivity index (χ4v) is 0. The van der Waals surface area contributed by atoms with Gasteiger partial charge in [-0.3, -0.25) is 4.79 Å². The van der Waals surface area contributed by atoms with Crippen molar-refractivity contribution < 1.29 is 9.90 Å². The fraction of sp³-hybridized carbons (Fsp3) is 0.500. The van der Waals surface area contributed by atoms with Gasteiger partial charge in [-0.25, -0.2) is 0 Å². The van der Waals surface area contributed by atoms with Gasteiger partial charge in [-0.05, 0) is 0 Å². The van der Waals surface area contributed by atoms with Crippen LogP contribution < -0.4 is 0 Å². The molecule has 0 rings (SSSR count). The van der Waals surface area contributed by atoms with Gasteiger partial charge in [0.25, 0.3) is 5.97 Å². The summed E-state index contributed by atoms with van der Waals surface area (Å²) in [6.07, 6.45) is 0. The normalized spacial score (nSPS) is 5.17. The van der Waals surface area contributed by atoms with Crippen LogP contribution in [0.25, 0.3) is 0 Å². The Bertz CT molecular complexity index is 32.5. The summed E-state index contributed by atoms with van der Waals surface area (Å²) in [7, 11) is 0. The molecular weight excluding hydrogens is 120 g/mol. The van der Waals surface area contributed by atoms with Crippen LogP contribution in [0.4, 0.5) is 0 Å². The van der Waals surface area contributed by atoms with Crippen LogP contribution in [-0.4, -0.2) is 11.1 Å². The van der Waals surface area contributed by atoms with Crippen molar-refractivity contribution >= 4 is 29.3 Å². The fourth-order valence-electron chi connectivity index (χ4n) is 0. The van der Waals surface area contributed by atoms with E-state index in [0.717, 1.165) is 6.92 Å². The largest absolute Gasteiger partial charge is 0.481 e. The molecule has 0 aromatic rings. The van der Waals surface area contributed by atoms with Crippen LogP contribution in [0.1, 0.15) is 6.92 Å². The molecule has 4 heteroatoms. The third-order valence-corrected chi connectivity index (χ3v) is 0. The summed E-state index contributed by atoms with van der Waals surface area (Å²) >= 11 is 6.44. The Hall–Kier alpha value is 0.170. The third-order valence-electron chi connectivity index (χ3n) is 0. The smallest absolute Gasteiger partial charge is 0.300 e. The Balaban J connectivity index is 0. The van der Waals surface area contributed by atoms with Crippen molar-refractivity contribution in [3.8, 4) is 0 Å². The lowest BCUT2D eigenvalue weighted by Crippen LogP contribution is -1.78. The molecule has 0 atom stereocenters. The molecule has 0 aliphatic carbocycles. The molecule has 1 N–H and O–H groups in total. The van der Waals surface area contributed by atoms with E-state index in [1.54, 1.807) is 0 Å². The number of carboxylic acids is 1. The summed E-state index contributed by atoms with van der Waals surface area (Å²) in [5.74, 6) is -0.833. The van der Waals surface area contributed by atoms with Crippen LogP contribution in [0.3, 0.4) is 0 Å². The minimum Gasteiger partial charge on any atom is -0.481 e. The molecule has 0 saturated carbocycles. The molecule has 0 bridgehead atoms. The van der Waals surface area contributed by atoms with E-state index in [4.69, 9.17) is 9.90 Å². The van der Waals surface area contributed by atoms with Crippen molar-refractivity contribution in [3.05, 3.63) is 0 Å². The predicted molar refractivity (Wildman–Crippen MR) is 31.3 cm³/mol. The Labute approximate surface area is 46.8 Å². The number of rotatable bonds is 0. The van der Waals surface area contributed by atoms with Gasteiger partial charge in [0.15, 0.2) is 0 Å². The summed E-state index contributed by atoms with van der Waals surface area (Å²) in [4.78, 5) is 9.00. The zero-order valence-corrected chi connectivity index (χ0v) is 5.04. The van der Waals surface area contributed by atoms with Gasteiger partial charge in [-0.15, -0.1) is 23.3 Å². The number of hydrogen-bond acceptors (Lipinski definition) is 3. The van der Waals surface area contributed by atoms with E-state index in [1.165, 1.54) is 0 Å². The van der Waals surface area contributed by atoms with E-state index in [0.29, 0.717) is 0 Å². The molecule has 0 fully saturated rings. The van der Waals surface area contributed by atoms with Crippen LogP contribution in [0, 0.1) is 0 Å².